The molecule has 0 aromatic heterocycles. The van der Waals surface area contributed by atoms with Crippen LogP contribution in [0.15, 0.2) is 79.4 Å². The van der Waals surface area contributed by atoms with Gasteiger partial charge in [0.15, 0.2) is 19.8 Å². The van der Waals surface area contributed by atoms with E-state index in [1.165, 1.54) is 13.2 Å². The Morgan fingerprint density at radius 3 is 1.91 bits per heavy atom. The monoisotopic (exact) mass is 1120 g/mol. The van der Waals surface area contributed by atoms with Gasteiger partial charge in [0.2, 0.25) is 0 Å². The summed E-state index contributed by atoms with van der Waals surface area (Å²) >= 11 is 0. The number of anilines is 2. The van der Waals surface area contributed by atoms with Crippen molar-refractivity contribution in [3.8, 4) is 23.0 Å². The van der Waals surface area contributed by atoms with Gasteiger partial charge in [0.05, 0.1) is 60.5 Å². The molecule has 18 heteroatoms. The molecule has 430 valence electrons. The van der Waals surface area contributed by atoms with Crippen molar-refractivity contribution < 1.29 is 56.1 Å². The molecule has 2 atom stereocenters. The Morgan fingerprint density at radius 1 is 0.769 bits per heavy atom. The van der Waals surface area contributed by atoms with Gasteiger partial charge in [0, 0.05) is 37.0 Å². The number of carbonyl (C=O) groups excluding carboxylic acids is 3. The molecular formula is C60H89N4O12PSi. The maximum absolute atomic E-state index is 14.6. The predicted octanol–water partition coefficient (Wildman–Crippen LogP) is 13.8. The molecule has 2 aliphatic rings. The number of nitrogens with zero attached hydrogens (tertiary/aromatic N) is 2. The number of nitrogen functional groups attached to an aromatic ring is 1. The number of nitrogens with one attached hydrogen (secondary N) is 1. The van der Waals surface area contributed by atoms with Gasteiger partial charge >= 0.3 is 13.7 Å². The van der Waals surface area contributed by atoms with Gasteiger partial charge in [-0.2, -0.15) is 0 Å². The van der Waals surface area contributed by atoms with E-state index in [-0.39, 0.29) is 71.9 Å². The molecule has 5 rings (SSSR count). The van der Waals surface area contributed by atoms with E-state index in [4.69, 9.17) is 42.9 Å². The zero-order valence-corrected chi connectivity index (χ0v) is 51.0. The molecule has 0 saturated carbocycles. The Hall–Kier alpha value is -5.58. The molecule has 2 heterocycles. The van der Waals surface area contributed by atoms with Gasteiger partial charge < -0.3 is 52.7 Å². The smallest absolute Gasteiger partial charge is 0.411 e. The van der Waals surface area contributed by atoms with Gasteiger partial charge in [0.25, 0.3) is 11.8 Å². The molecule has 0 bridgehead atoms. The topological polar surface area (TPSA) is 187 Å². The van der Waals surface area contributed by atoms with Gasteiger partial charge in [-0.1, -0.05) is 64.7 Å². The minimum atomic E-state index is -3.39. The molecule has 0 aliphatic carbocycles. The summed E-state index contributed by atoms with van der Waals surface area (Å²) in [6, 6.07) is 12.1. The average molecular weight is 1120 g/mol. The summed E-state index contributed by atoms with van der Waals surface area (Å²) in [5.41, 5.74) is 10.4. The average Bonchev–Trinajstić information content (AvgIpc) is 3.92. The van der Waals surface area contributed by atoms with Crippen LogP contribution in [-0.4, -0.2) is 105 Å². The third-order valence-corrected chi connectivity index (χ3v) is 20.8. The van der Waals surface area contributed by atoms with E-state index >= 15 is 0 Å². The van der Waals surface area contributed by atoms with E-state index in [1.807, 2.05) is 71.6 Å². The Bertz CT molecular complexity index is 2680. The highest BCUT2D eigenvalue weighted by Crippen LogP contribution is 2.55. The number of carbonyl (C=O) groups is 3. The minimum Gasteiger partial charge on any atom is -0.494 e. The molecule has 16 nitrogen and oxygen atoms in total. The van der Waals surface area contributed by atoms with Crippen LogP contribution in [0.5, 0.6) is 23.0 Å². The quantitative estimate of drug-likeness (QED) is 0.0269. The molecule has 78 heavy (non-hydrogen) atoms. The maximum Gasteiger partial charge on any atom is 0.411 e. The lowest BCUT2D eigenvalue weighted by atomic mass is 10.1. The summed E-state index contributed by atoms with van der Waals surface area (Å²) < 4.78 is 62.8. The van der Waals surface area contributed by atoms with Crippen molar-refractivity contribution in [1.82, 2.24) is 9.80 Å². The van der Waals surface area contributed by atoms with Crippen LogP contribution < -0.4 is 30.0 Å². The summed E-state index contributed by atoms with van der Waals surface area (Å²) in [5.74, 6) is 1.19. The number of methoxy groups -OCH3 is 1. The first-order valence-corrected chi connectivity index (χ1v) is 31.8. The summed E-state index contributed by atoms with van der Waals surface area (Å²) in [5, 5.41) is 2.77. The number of aryl methyl sites for hydroxylation is 1. The molecule has 3 aromatic rings. The van der Waals surface area contributed by atoms with E-state index in [0.717, 1.165) is 35.1 Å². The van der Waals surface area contributed by atoms with Crippen molar-refractivity contribution in [3.05, 3.63) is 107 Å². The molecule has 0 radical (unpaired) electrons. The van der Waals surface area contributed by atoms with Crippen molar-refractivity contribution in [3.63, 3.8) is 0 Å². The van der Waals surface area contributed by atoms with Crippen LogP contribution in [0.4, 0.5) is 16.2 Å². The molecule has 3 amide bonds. The molecular weight excluding hydrogens is 1030 g/mol. The lowest BCUT2D eigenvalue weighted by Crippen LogP contribution is -2.46. The summed E-state index contributed by atoms with van der Waals surface area (Å²) in [6.07, 6.45) is 5.11. The van der Waals surface area contributed by atoms with Crippen molar-refractivity contribution in [2.45, 2.75) is 169 Å². The Balaban J connectivity index is 1.41. The van der Waals surface area contributed by atoms with Crippen LogP contribution in [-0.2, 0) is 36.0 Å². The van der Waals surface area contributed by atoms with Crippen molar-refractivity contribution in [1.29, 1.82) is 0 Å². The number of likely N-dealkylation sites (tertiary alicyclic amines) is 2. The highest BCUT2D eigenvalue weighted by molar-refractivity contribution is 7.53. The number of nitrogens with two attached hydrogens (primary N) is 1. The summed E-state index contributed by atoms with van der Waals surface area (Å²) in [4.78, 5) is 45.1. The van der Waals surface area contributed by atoms with Gasteiger partial charge in [0.1, 0.15) is 31.3 Å². The van der Waals surface area contributed by atoms with Crippen molar-refractivity contribution >= 4 is 45.2 Å². The number of unbranched alkanes of at least 4 members (excludes halogenated alkanes) is 2. The van der Waals surface area contributed by atoms with Gasteiger partial charge in [-0.15, -0.1) is 0 Å². The molecule has 0 spiro atoms. The van der Waals surface area contributed by atoms with Crippen LogP contribution in [0.3, 0.4) is 0 Å². The van der Waals surface area contributed by atoms with Crippen LogP contribution in [0.2, 0.25) is 18.1 Å². The van der Waals surface area contributed by atoms with Crippen LogP contribution >= 0.6 is 7.60 Å². The minimum absolute atomic E-state index is 0.0145. The Kier molecular flexibility index (Phi) is 21.6. The van der Waals surface area contributed by atoms with E-state index < -0.39 is 33.2 Å². The zero-order chi connectivity index (χ0) is 58.0. The number of hydrogen-bond donors (Lipinski definition) is 2. The Morgan fingerprint density at radius 2 is 1.35 bits per heavy atom. The van der Waals surface area contributed by atoms with E-state index in [1.54, 1.807) is 29.2 Å². The number of rotatable bonds is 25. The highest BCUT2D eigenvalue weighted by Gasteiger charge is 2.41. The number of hydrogen-bond acceptors (Lipinski definition) is 13. The normalized spacial score (nSPS) is 16.3. The third-order valence-electron chi connectivity index (χ3n) is 13.8. The second kappa shape index (κ2) is 26.6. The molecule has 2 fully saturated rings. The van der Waals surface area contributed by atoms with Crippen LogP contribution in [0.1, 0.15) is 145 Å². The first-order chi connectivity index (χ1) is 36.3. The van der Waals surface area contributed by atoms with Gasteiger partial charge in [-0.05, 0) is 152 Å². The van der Waals surface area contributed by atoms with E-state index in [9.17, 15) is 18.9 Å². The molecule has 2 saturated heterocycles. The largest absolute Gasteiger partial charge is 0.494 e. The zero-order valence-electron chi connectivity index (χ0n) is 49.1. The van der Waals surface area contributed by atoms with Crippen molar-refractivity contribution in [2.75, 3.05) is 57.2 Å². The first-order valence-electron chi connectivity index (χ1n) is 27.1. The fourth-order valence-electron chi connectivity index (χ4n) is 9.03. The number of amides is 3. The lowest BCUT2D eigenvalue weighted by Gasteiger charge is -2.38. The summed E-state index contributed by atoms with van der Waals surface area (Å²) in [7, 11) is -4.01. The molecule has 2 aliphatic heterocycles. The van der Waals surface area contributed by atoms with Crippen LogP contribution in [0, 0.1) is 6.92 Å². The van der Waals surface area contributed by atoms with Crippen molar-refractivity contribution in [2.24, 2.45) is 0 Å². The standard InChI is InChI=1S/C60H89N4O12PSi/c1-18-23-71-57(67)62-51-34-52(42(5)28-49(51)56(66)64-36-41(4)27-46(64)39-74-78(16,17)60(12,13)14)72-37-43-29-44(31-47(30-43)70-24-21-20-22-25-77(68,75-58(6,7)8)76-59(9,10)11)38-73-54-33-50(61)48(32-53(54)69-15)55(65)63-35-40(3)26-45(63)19-2/h18,28-34,45-46H,1,3-4,19-27,35-39,61H2,2,5-17H3,(H,62,67)/t45-,46+/m1/s1. The fraction of sp³-hybridized carbons (Fsp3) is 0.550. The molecule has 3 N–H and O–H groups in total. The fourth-order valence-corrected chi connectivity index (χ4v) is 12.6. The second-order valence-corrected chi connectivity index (χ2v) is 30.9. The maximum atomic E-state index is 14.6. The lowest BCUT2D eigenvalue weighted by molar-refractivity contribution is 0.0489. The predicted molar refractivity (Wildman–Crippen MR) is 313 cm³/mol. The number of benzene rings is 3. The first kappa shape index (κ1) is 63.3. The number of ether oxygens (including phenoxy) is 5. The van der Waals surface area contributed by atoms with Crippen LogP contribution in [0.25, 0.3) is 0 Å². The third kappa shape index (κ3) is 18.0. The van der Waals surface area contributed by atoms with E-state index in [2.05, 4.69) is 65.8 Å². The second-order valence-electron chi connectivity index (χ2n) is 24.0. The van der Waals surface area contributed by atoms with E-state index in [0.29, 0.717) is 86.1 Å². The molecule has 0 unspecified atom stereocenters. The molecule has 3 aromatic carbocycles. The summed E-state index contributed by atoms with van der Waals surface area (Å²) in [6.45, 7) is 39.7. The Labute approximate surface area is 466 Å². The van der Waals surface area contributed by atoms with Gasteiger partial charge in [-0.3, -0.25) is 19.5 Å². The highest BCUT2D eigenvalue weighted by atomic mass is 31.2. The van der Waals surface area contributed by atoms with Gasteiger partial charge in [-0.25, -0.2) is 4.79 Å². The SMILES string of the molecule is C=CCOC(=O)Nc1cc(OCc2cc(COc3cc(N)c(C(=O)N4CC(=C)C[C@H]4CC)cc3OC)cc(OCCCCCP(=O)(OC(C)(C)C)OC(C)(C)C)c2)c(C)cc1C(=O)N1CC(=C)C[C@H]1CO[Si](C)(C)C(C)(C)C.